The van der Waals surface area contributed by atoms with Gasteiger partial charge in [-0.05, 0) is 12.1 Å². The Morgan fingerprint density at radius 1 is 1.21 bits per heavy atom. The van der Waals surface area contributed by atoms with E-state index in [1.165, 1.54) is 24.3 Å². The standard InChI is InChI=1S/C11H14N2O6/c14-8-5-19-11(10(16)9(8)15)12-6-1-3-7(4-2-6)13(17)18/h1-4,8-12,14-16H,5H2/t8-,9+,10-,11+/m1/s1. The van der Waals surface area contributed by atoms with E-state index in [1.54, 1.807) is 0 Å². The van der Waals surface area contributed by atoms with Gasteiger partial charge in [-0.15, -0.1) is 0 Å². The van der Waals surface area contributed by atoms with Crippen molar-refractivity contribution in [1.29, 1.82) is 0 Å². The van der Waals surface area contributed by atoms with Gasteiger partial charge in [0.25, 0.3) is 5.69 Å². The van der Waals surface area contributed by atoms with Crippen molar-refractivity contribution in [1.82, 2.24) is 0 Å². The van der Waals surface area contributed by atoms with Crippen LogP contribution in [0.4, 0.5) is 11.4 Å². The van der Waals surface area contributed by atoms with E-state index >= 15 is 0 Å². The first-order valence-electron chi connectivity index (χ1n) is 5.66. The summed E-state index contributed by atoms with van der Waals surface area (Å²) in [5, 5.41) is 41.8. The summed E-state index contributed by atoms with van der Waals surface area (Å²) < 4.78 is 5.15. The van der Waals surface area contributed by atoms with E-state index in [2.05, 4.69) is 5.32 Å². The summed E-state index contributed by atoms with van der Waals surface area (Å²) in [6.07, 6.45) is -4.62. The first-order valence-corrected chi connectivity index (χ1v) is 5.66. The van der Waals surface area contributed by atoms with Gasteiger partial charge in [-0.3, -0.25) is 10.1 Å². The zero-order valence-corrected chi connectivity index (χ0v) is 9.84. The number of nitrogens with zero attached hydrogens (tertiary/aromatic N) is 1. The second-order valence-corrected chi connectivity index (χ2v) is 4.25. The van der Waals surface area contributed by atoms with Crippen molar-refractivity contribution in [2.24, 2.45) is 0 Å². The molecule has 4 atom stereocenters. The molecule has 1 aliphatic rings. The molecule has 0 saturated carbocycles. The van der Waals surface area contributed by atoms with Crippen LogP contribution in [0.25, 0.3) is 0 Å². The summed E-state index contributed by atoms with van der Waals surface area (Å²) in [6.45, 7) is -0.108. The van der Waals surface area contributed by atoms with E-state index in [0.29, 0.717) is 5.69 Å². The highest BCUT2D eigenvalue weighted by Gasteiger charge is 2.37. The molecule has 4 N–H and O–H groups in total. The topological polar surface area (TPSA) is 125 Å². The number of benzene rings is 1. The molecule has 19 heavy (non-hydrogen) atoms. The van der Waals surface area contributed by atoms with E-state index < -0.39 is 29.5 Å². The van der Waals surface area contributed by atoms with Crippen LogP contribution in [-0.4, -0.2) is 51.4 Å². The molecule has 0 radical (unpaired) electrons. The lowest BCUT2D eigenvalue weighted by Gasteiger charge is -2.35. The first kappa shape index (κ1) is 13.7. The van der Waals surface area contributed by atoms with Gasteiger partial charge in [0.2, 0.25) is 0 Å². The van der Waals surface area contributed by atoms with E-state index in [9.17, 15) is 25.4 Å². The molecule has 1 aromatic carbocycles. The zero-order valence-electron chi connectivity index (χ0n) is 9.84. The van der Waals surface area contributed by atoms with Gasteiger partial charge in [0, 0.05) is 17.8 Å². The Morgan fingerprint density at radius 2 is 1.84 bits per heavy atom. The molecule has 0 bridgehead atoms. The predicted molar refractivity (Wildman–Crippen MR) is 64.5 cm³/mol. The second-order valence-electron chi connectivity index (χ2n) is 4.25. The third kappa shape index (κ3) is 2.99. The van der Waals surface area contributed by atoms with Crippen LogP contribution in [0.3, 0.4) is 0 Å². The minimum absolute atomic E-state index is 0.0499. The summed E-state index contributed by atoms with van der Waals surface area (Å²) in [5.74, 6) is 0. The molecule has 0 unspecified atom stereocenters. The third-order valence-electron chi connectivity index (χ3n) is 2.89. The second kappa shape index (κ2) is 5.49. The van der Waals surface area contributed by atoms with Crippen molar-refractivity contribution in [2.45, 2.75) is 24.5 Å². The van der Waals surface area contributed by atoms with Crippen LogP contribution in [-0.2, 0) is 4.74 Å². The quantitative estimate of drug-likeness (QED) is 0.428. The third-order valence-corrected chi connectivity index (χ3v) is 2.89. The van der Waals surface area contributed by atoms with Crippen LogP contribution in [0.15, 0.2) is 24.3 Å². The Kier molecular flexibility index (Phi) is 3.96. The molecule has 0 aliphatic carbocycles. The number of aliphatic hydroxyl groups is 3. The fourth-order valence-corrected chi connectivity index (χ4v) is 1.78. The summed E-state index contributed by atoms with van der Waals surface area (Å²) in [5.41, 5.74) is 0.448. The Hall–Kier alpha value is -1.74. The number of rotatable bonds is 3. The maximum atomic E-state index is 10.5. The smallest absolute Gasteiger partial charge is 0.269 e. The molecule has 1 fully saturated rings. The molecule has 8 nitrogen and oxygen atoms in total. The van der Waals surface area contributed by atoms with E-state index in [0.717, 1.165) is 0 Å². The summed E-state index contributed by atoms with van der Waals surface area (Å²) in [4.78, 5) is 9.97. The van der Waals surface area contributed by atoms with E-state index in [-0.39, 0.29) is 12.3 Å². The lowest BCUT2D eigenvalue weighted by Crippen LogP contribution is -2.55. The highest BCUT2D eigenvalue weighted by Crippen LogP contribution is 2.20. The Labute approximate surface area is 108 Å². The van der Waals surface area contributed by atoms with Gasteiger partial charge in [0.1, 0.15) is 18.3 Å². The SMILES string of the molecule is O=[N+]([O-])c1ccc(N[C@H]2OC[C@@H](O)[C@H](O)[C@H]2O)cc1. The highest BCUT2D eigenvalue weighted by molar-refractivity contribution is 5.49. The average Bonchev–Trinajstić information content (AvgIpc) is 2.40. The monoisotopic (exact) mass is 270 g/mol. The lowest BCUT2D eigenvalue weighted by atomic mass is 10.0. The largest absolute Gasteiger partial charge is 0.388 e. The van der Waals surface area contributed by atoms with Gasteiger partial charge in [0.05, 0.1) is 11.5 Å². The number of aliphatic hydroxyl groups excluding tert-OH is 3. The minimum atomic E-state index is -1.30. The molecule has 0 aromatic heterocycles. The number of anilines is 1. The fourth-order valence-electron chi connectivity index (χ4n) is 1.78. The molecule has 1 saturated heterocycles. The molecule has 0 spiro atoms. The number of ether oxygens (including phenoxy) is 1. The molecule has 2 rings (SSSR count). The Bertz CT molecular complexity index is 451. The molecule has 1 heterocycles. The van der Waals surface area contributed by atoms with Crippen LogP contribution in [0.1, 0.15) is 0 Å². The van der Waals surface area contributed by atoms with Crippen molar-refractivity contribution in [3.63, 3.8) is 0 Å². The minimum Gasteiger partial charge on any atom is -0.388 e. The normalized spacial score (nSPS) is 30.9. The van der Waals surface area contributed by atoms with Gasteiger partial charge in [0.15, 0.2) is 6.23 Å². The van der Waals surface area contributed by atoms with Gasteiger partial charge in [-0.25, -0.2) is 0 Å². The predicted octanol–water partition coefficient (Wildman–Crippen LogP) is -0.554. The number of nitro groups is 1. The molecule has 8 heteroatoms. The van der Waals surface area contributed by atoms with Crippen molar-refractivity contribution in [2.75, 3.05) is 11.9 Å². The summed E-state index contributed by atoms with van der Waals surface area (Å²) in [6, 6.07) is 5.54. The maximum Gasteiger partial charge on any atom is 0.269 e. The summed E-state index contributed by atoms with van der Waals surface area (Å²) in [7, 11) is 0. The Morgan fingerprint density at radius 3 is 2.42 bits per heavy atom. The summed E-state index contributed by atoms with van der Waals surface area (Å²) >= 11 is 0. The van der Waals surface area contributed by atoms with Crippen molar-refractivity contribution >= 4 is 11.4 Å². The molecular weight excluding hydrogens is 256 g/mol. The van der Waals surface area contributed by atoms with Crippen LogP contribution in [0.2, 0.25) is 0 Å². The highest BCUT2D eigenvalue weighted by atomic mass is 16.6. The zero-order chi connectivity index (χ0) is 14.0. The molecule has 1 aromatic rings. The van der Waals surface area contributed by atoms with Crippen LogP contribution < -0.4 is 5.32 Å². The number of nitro benzene ring substituents is 1. The van der Waals surface area contributed by atoms with Gasteiger partial charge < -0.3 is 25.4 Å². The van der Waals surface area contributed by atoms with Crippen molar-refractivity contribution in [3.8, 4) is 0 Å². The molecule has 104 valence electrons. The number of non-ortho nitro benzene ring substituents is 1. The van der Waals surface area contributed by atoms with Gasteiger partial charge in [-0.2, -0.15) is 0 Å². The van der Waals surface area contributed by atoms with Crippen LogP contribution >= 0.6 is 0 Å². The molecule has 1 aliphatic heterocycles. The van der Waals surface area contributed by atoms with E-state index in [4.69, 9.17) is 4.74 Å². The first-order chi connectivity index (χ1) is 8.99. The van der Waals surface area contributed by atoms with Gasteiger partial charge in [-0.1, -0.05) is 0 Å². The average molecular weight is 270 g/mol. The number of nitrogens with one attached hydrogen (secondary N) is 1. The number of hydrogen-bond acceptors (Lipinski definition) is 7. The van der Waals surface area contributed by atoms with Gasteiger partial charge >= 0.3 is 0 Å². The van der Waals surface area contributed by atoms with E-state index in [1.807, 2.05) is 0 Å². The maximum absolute atomic E-state index is 10.5. The molecule has 0 amide bonds. The van der Waals surface area contributed by atoms with Crippen molar-refractivity contribution in [3.05, 3.63) is 34.4 Å². The van der Waals surface area contributed by atoms with Crippen LogP contribution in [0.5, 0.6) is 0 Å². The Balaban J connectivity index is 2.03. The van der Waals surface area contributed by atoms with Crippen molar-refractivity contribution < 1.29 is 25.0 Å². The number of hydrogen-bond donors (Lipinski definition) is 4. The molecular formula is C11H14N2O6. The fraction of sp³-hybridized carbons (Fsp3) is 0.455. The lowest BCUT2D eigenvalue weighted by molar-refractivity contribution is -0.384. The van der Waals surface area contributed by atoms with Crippen LogP contribution in [0, 0.1) is 10.1 Å².